The lowest BCUT2D eigenvalue weighted by atomic mass is 10.1. The van der Waals surface area contributed by atoms with Crippen molar-refractivity contribution in [1.29, 1.82) is 0 Å². The van der Waals surface area contributed by atoms with Gasteiger partial charge in [-0.2, -0.15) is 8.42 Å². The van der Waals surface area contributed by atoms with Crippen LogP contribution < -0.4 is 5.32 Å². The van der Waals surface area contributed by atoms with Gasteiger partial charge in [0.05, 0.1) is 39.3 Å². The van der Waals surface area contributed by atoms with E-state index in [4.69, 9.17) is 43.0 Å². The van der Waals surface area contributed by atoms with E-state index in [-0.39, 0.29) is 25.3 Å². The molecule has 3 unspecified atom stereocenters. The Morgan fingerprint density at radius 1 is 0.600 bits per heavy atom. The van der Waals surface area contributed by atoms with Crippen LogP contribution in [-0.2, 0) is 57.0 Å². The minimum Gasteiger partial charge on any atom is -0.386 e. The molecule has 0 aromatic heterocycles. The first kappa shape index (κ1) is 67.0. The number of aldehydes is 1. The van der Waals surface area contributed by atoms with E-state index >= 15 is 0 Å². The average Bonchev–Trinajstić information content (AvgIpc) is 3.37. The van der Waals surface area contributed by atoms with Crippen LogP contribution in [0.5, 0.6) is 0 Å². The van der Waals surface area contributed by atoms with Crippen molar-refractivity contribution in [2.45, 2.75) is 123 Å². The Labute approximate surface area is 426 Å². The van der Waals surface area contributed by atoms with E-state index in [9.17, 15) is 13.2 Å². The van der Waals surface area contributed by atoms with Crippen LogP contribution in [0.3, 0.4) is 0 Å². The molecule has 0 aromatic rings. The summed E-state index contributed by atoms with van der Waals surface area (Å²) in [7, 11) is 0.0613. The van der Waals surface area contributed by atoms with Crippen molar-refractivity contribution >= 4 is 16.4 Å². The van der Waals surface area contributed by atoms with E-state index in [1.54, 1.807) is 14.2 Å². The molecular formula is C50H104N6O13S. The minimum atomic E-state index is -3.29. The van der Waals surface area contributed by atoms with Gasteiger partial charge in [0, 0.05) is 145 Å². The standard InChI is InChI=1S/C21H42N2O5.C14H28N2O3.C9H20N2O.C6H14O4S/c1-4-16-26-18-15-23-13-11-22(12-14-23)10-7-8-19(21(24-2)25-3)28-20-9-5-6-17-27-20;1-2-11-19-12-10-16-8-6-15(7-9-16)5-3-4-14(18)13-17;1-2-8-12-9-7-11-5-3-10-4-6-11;1-3-4-9-5-6-10-11(2,7)8/h19-21H,4-18H2,1-3H3;13-14,18H,2-12H2,1H3;10H,2-9H2,1H3;3-6H2,1-2H3. The van der Waals surface area contributed by atoms with Crippen LogP contribution in [-0.4, -0.2) is 267 Å². The van der Waals surface area contributed by atoms with Crippen LogP contribution in [0, 0.1) is 0 Å². The van der Waals surface area contributed by atoms with Crippen molar-refractivity contribution in [2.24, 2.45) is 0 Å². The molecule has 4 aliphatic rings. The fourth-order valence-electron chi connectivity index (χ4n) is 8.01. The second-order valence-corrected chi connectivity index (χ2v) is 19.9. The second-order valence-electron chi connectivity index (χ2n) is 18.2. The summed E-state index contributed by atoms with van der Waals surface area (Å²) >= 11 is 0. The molecule has 3 atom stereocenters. The molecule has 0 aromatic carbocycles. The summed E-state index contributed by atoms with van der Waals surface area (Å²) in [6, 6.07) is 0. The summed E-state index contributed by atoms with van der Waals surface area (Å²) in [6.45, 7) is 34.2. The van der Waals surface area contributed by atoms with E-state index in [1.807, 2.05) is 6.92 Å². The third kappa shape index (κ3) is 38.5. The van der Waals surface area contributed by atoms with Crippen LogP contribution in [0.4, 0.5) is 0 Å². The number of aliphatic hydroxyl groups is 1. The smallest absolute Gasteiger partial charge is 0.264 e. The fourth-order valence-corrected chi connectivity index (χ4v) is 8.38. The van der Waals surface area contributed by atoms with Crippen molar-refractivity contribution < 1.29 is 60.4 Å². The first-order chi connectivity index (χ1) is 34.0. The van der Waals surface area contributed by atoms with E-state index < -0.39 is 16.2 Å². The zero-order valence-corrected chi connectivity index (χ0v) is 46.1. The lowest BCUT2D eigenvalue weighted by Crippen LogP contribution is -2.47. The molecule has 70 heavy (non-hydrogen) atoms. The first-order valence-corrected chi connectivity index (χ1v) is 28.8. The van der Waals surface area contributed by atoms with Gasteiger partial charge in [0.1, 0.15) is 18.5 Å². The molecule has 20 heteroatoms. The van der Waals surface area contributed by atoms with Gasteiger partial charge in [-0.25, -0.2) is 0 Å². The van der Waals surface area contributed by atoms with Crippen LogP contribution in [0.2, 0.25) is 0 Å². The number of ether oxygens (including phenoxy) is 8. The number of hydrogen-bond donors (Lipinski definition) is 2. The Balaban J connectivity index is 0.000000504. The van der Waals surface area contributed by atoms with Gasteiger partial charge in [-0.3, -0.25) is 18.9 Å². The van der Waals surface area contributed by atoms with Crippen molar-refractivity contribution in [3.05, 3.63) is 0 Å². The highest BCUT2D eigenvalue weighted by molar-refractivity contribution is 7.85. The Kier molecular flexibility index (Phi) is 44.5. The number of carbonyl (C=O) groups is 1. The highest BCUT2D eigenvalue weighted by Gasteiger charge is 2.27. The van der Waals surface area contributed by atoms with Gasteiger partial charge in [-0.1, -0.05) is 27.7 Å². The number of hydrogen-bond acceptors (Lipinski definition) is 19. The molecule has 19 nitrogen and oxygen atoms in total. The third-order valence-electron chi connectivity index (χ3n) is 12.0. The van der Waals surface area contributed by atoms with Crippen LogP contribution >= 0.6 is 0 Å². The molecule has 418 valence electrons. The Bertz CT molecular complexity index is 1240. The molecule has 4 aliphatic heterocycles. The van der Waals surface area contributed by atoms with Crippen LogP contribution in [0.15, 0.2) is 0 Å². The monoisotopic (exact) mass is 1030 g/mol. The predicted molar refractivity (Wildman–Crippen MR) is 277 cm³/mol. The molecule has 4 saturated heterocycles. The molecule has 4 heterocycles. The highest BCUT2D eigenvalue weighted by Crippen LogP contribution is 2.21. The number of methoxy groups -OCH3 is 2. The van der Waals surface area contributed by atoms with Gasteiger partial charge in [0.2, 0.25) is 0 Å². The zero-order valence-electron chi connectivity index (χ0n) is 45.2. The molecule has 0 spiro atoms. The predicted octanol–water partition coefficient (Wildman–Crippen LogP) is 3.42. The van der Waals surface area contributed by atoms with E-state index in [1.165, 1.54) is 13.1 Å². The molecule has 0 amide bonds. The quantitative estimate of drug-likeness (QED) is 0.0408. The number of rotatable bonds is 35. The van der Waals surface area contributed by atoms with E-state index in [0.29, 0.717) is 25.9 Å². The number of carbonyl (C=O) groups excluding carboxylic acids is 1. The van der Waals surface area contributed by atoms with Crippen molar-refractivity contribution in [1.82, 2.24) is 29.8 Å². The lowest BCUT2D eigenvalue weighted by Gasteiger charge is -2.35. The maximum absolute atomic E-state index is 10.4. The van der Waals surface area contributed by atoms with Gasteiger partial charge in [0.15, 0.2) is 12.6 Å². The first-order valence-electron chi connectivity index (χ1n) is 27.0. The number of nitrogens with zero attached hydrogens (tertiary/aromatic N) is 5. The summed E-state index contributed by atoms with van der Waals surface area (Å²) in [6.07, 6.45) is 11.2. The number of piperazine rings is 3. The largest absolute Gasteiger partial charge is 0.386 e. The fraction of sp³-hybridized carbons (Fsp3) is 0.980. The molecule has 0 saturated carbocycles. The Hall–Kier alpha value is -1.02. The molecule has 0 bridgehead atoms. The Morgan fingerprint density at radius 2 is 1.03 bits per heavy atom. The highest BCUT2D eigenvalue weighted by atomic mass is 32.2. The summed E-state index contributed by atoms with van der Waals surface area (Å²) in [5.41, 5.74) is 0. The second kappa shape index (κ2) is 46.5. The molecule has 2 N–H and O–H groups in total. The van der Waals surface area contributed by atoms with Gasteiger partial charge in [-0.15, -0.1) is 0 Å². The summed E-state index contributed by atoms with van der Waals surface area (Å²) in [4.78, 5) is 22.6. The molecule has 0 aliphatic carbocycles. The van der Waals surface area contributed by atoms with Crippen LogP contribution in [0.25, 0.3) is 0 Å². The van der Waals surface area contributed by atoms with Gasteiger partial charge >= 0.3 is 0 Å². The zero-order chi connectivity index (χ0) is 51.3. The average molecular weight is 1030 g/mol. The van der Waals surface area contributed by atoms with E-state index in [2.05, 4.69) is 54.8 Å². The summed E-state index contributed by atoms with van der Waals surface area (Å²) in [5, 5.41) is 12.5. The van der Waals surface area contributed by atoms with Gasteiger partial charge in [0.25, 0.3) is 10.1 Å². The summed E-state index contributed by atoms with van der Waals surface area (Å²) < 4.78 is 69.6. The molecule has 0 radical (unpaired) electrons. The van der Waals surface area contributed by atoms with Crippen molar-refractivity contribution in [3.8, 4) is 0 Å². The van der Waals surface area contributed by atoms with Crippen LogP contribution in [0.1, 0.15) is 98.3 Å². The normalized spacial score (nSPS) is 19.9. The number of nitrogens with one attached hydrogen (secondary N) is 1. The molecular weight excluding hydrogens is 925 g/mol. The number of aliphatic hydroxyl groups excluding tert-OH is 1. The van der Waals surface area contributed by atoms with Crippen molar-refractivity contribution in [3.63, 3.8) is 0 Å². The van der Waals surface area contributed by atoms with Crippen molar-refractivity contribution in [2.75, 3.05) is 198 Å². The maximum Gasteiger partial charge on any atom is 0.264 e. The van der Waals surface area contributed by atoms with Gasteiger partial charge < -0.3 is 62.9 Å². The third-order valence-corrected chi connectivity index (χ3v) is 12.6. The minimum absolute atomic E-state index is 0.0879. The Morgan fingerprint density at radius 3 is 1.43 bits per heavy atom. The SMILES string of the molecule is CCCOCCN1CCN(CCCC(O)C=O)CC1.CCCOCCN1CCN(CCCC(OC2CCCCO2)C(OC)OC)CC1.CCCOCCN1CCNCC1.CCCOCCOS(C)(=O)=O. The lowest BCUT2D eigenvalue weighted by molar-refractivity contribution is -0.252. The van der Waals surface area contributed by atoms with E-state index in [0.717, 1.165) is 215 Å². The van der Waals surface area contributed by atoms with Gasteiger partial charge in [-0.05, 0) is 83.7 Å². The summed E-state index contributed by atoms with van der Waals surface area (Å²) in [5.74, 6) is 0. The molecule has 4 fully saturated rings. The molecule has 4 rings (SSSR count). The maximum atomic E-state index is 10.4. The topological polar surface area (TPSA) is 183 Å².